The number of hydrogen-bond acceptors (Lipinski definition) is 3. The second-order valence-electron chi connectivity index (χ2n) is 6.02. The van der Waals surface area contributed by atoms with Gasteiger partial charge in [0.15, 0.2) is 0 Å². The highest BCUT2D eigenvalue weighted by atomic mass is 15.1. The summed E-state index contributed by atoms with van der Waals surface area (Å²) < 4.78 is 0. The van der Waals surface area contributed by atoms with Gasteiger partial charge in [-0.15, -0.1) is 0 Å². The molecule has 0 amide bonds. The minimum absolute atomic E-state index is 0.194. The van der Waals surface area contributed by atoms with Crippen molar-refractivity contribution in [3.8, 4) is 6.07 Å². The summed E-state index contributed by atoms with van der Waals surface area (Å²) in [5.41, 5.74) is 7.87. The first-order valence-corrected chi connectivity index (χ1v) is 7.45. The Morgan fingerprint density at radius 1 is 1.25 bits per heavy atom. The van der Waals surface area contributed by atoms with E-state index in [0.29, 0.717) is 0 Å². The van der Waals surface area contributed by atoms with Crippen LogP contribution in [0.1, 0.15) is 45.6 Å². The van der Waals surface area contributed by atoms with Gasteiger partial charge in [-0.25, -0.2) is 0 Å². The molecule has 0 bridgehead atoms. The van der Waals surface area contributed by atoms with E-state index in [0.717, 1.165) is 44.6 Å². The highest BCUT2D eigenvalue weighted by molar-refractivity contribution is 5.46. The fraction of sp³-hybridized carbons (Fsp3) is 0.588. The maximum absolute atomic E-state index is 9.00. The zero-order chi connectivity index (χ0) is 15.0. The van der Waals surface area contributed by atoms with Gasteiger partial charge in [-0.3, -0.25) is 4.90 Å². The van der Waals surface area contributed by atoms with Gasteiger partial charge in [-0.05, 0) is 51.4 Å². The number of nitrogen functional groups attached to an aromatic ring is 1. The number of anilines is 1. The summed E-state index contributed by atoms with van der Waals surface area (Å²) in [6, 6.07) is 10.4. The van der Waals surface area contributed by atoms with Crippen LogP contribution in [-0.2, 0) is 6.54 Å². The number of nitriles is 1. The molecule has 0 aliphatic rings. The van der Waals surface area contributed by atoms with Crippen molar-refractivity contribution in [2.24, 2.45) is 5.41 Å². The molecule has 0 saturated heterocycles. The van der Waals surface area contributed by atoms with Gasteiger partial charge in [0, 0.05) is 12.2 Å². The summed E-state index contributed by atoms with van der Waals surface area (Å²) >= 11 is 0. The van der Waals surface area contributed by atoms with Crippen LogP contribution in [0.5, 0.6) is 0 Å². The van der Waals surface area contributed by atoms with E-state index in [1.165, 1.54) is 5.56 Å². The van der Waals surface area contributed by atoms with Crippen molar-refractivity contribution < 1.29 is 0 Å². The normalized spacial score (nSPS) is 11.6. The number of hydrogen-bond donors (Lipinski definition) is 1. The average Bonchev–Trinajstić information content (AvgIpc) is 2.44. The van der Waals surface area contributed by atoms with Crippen molar-refractivity contribution in [1.82, 2.24) is 4.90 Å². The largest absolute Gasteiger partial charge is 0.398 e. The maximum Gasteiger partial charge on any atom is 0.0683 e. The molecule has 2 N–H and O–H groups in total. The quantitative estimate of drug-likeness (QED) is 0.579. The molecular weight excluding hydrogens is 246 g/mol. The summed E-state index contributed by atoms with van der Waals surface area (Å²) in [5.74, 6) is 0. The Hall–Kier alpha value is -1.53. The van der Waals surface area contributed by atoms with Gasteiger partial charge >= 0.3 is 0 Å². The summed E-state index contributed by atoms with van der Waals surface area (Å²) in [4.78, 5) is 2.41. The maximum atomic E-state index is 9.00. The van der Waals surface area contributed by atoms with Gasteiger partial charge in [-0.2, -0.15) is 5.26 Å². The van der Waals surface area contributed by atoms with E-state index < -0.39 is 0 Å². The number of benzene rings is 1. The fourth-order valence-electron chi connectivity index (χ4n) is 2.23. The van der Waals surface area contributed by atoms with Crippen LogP contribution >= 0.6 is 0 Å². The Morgan fingerprint density at radius 2 is 1.95 bits per heavy atom. The van der Waals surface area contributed by atoms with Crippen molar-refractivity contribution in [3.63, 3.8) is 0 Å². The third-order valence-corrected chi connectivity index (χ3v) is 3.73. The molecule has 0 saturated carbocycles. The zero-order valence-corrected chi connectivity index (χ0v) is 13.0. The Balaban J connectivity index is 2.38. The van der Waals surface area contributed by atoms with Crippen LogP contribution < -0.4 is 5.73 Å². The number of rotatable bonds is 8. The predicted molar refractivity (Wildman–Crippen MR) is 85.1 cm³/mol. The lowest BCUT2D eigenvalue weighted by Gasteiger charge is -2.22. The van der Waals surface area contributed by atoms with Crippen LogP contribution in [0.3, 0.4) is 0 Å². The van der Waals surface area contributed by atoms with Gasteiger partial charge in [-0.1, -0.05) is 31.5 Å². The molecule has 3 heteroatoms. The molecule has 0 unspecified atom stereocenters. The summed E-state index contributed by atoms with van der Waals surface area (Å²) in [6.45, 7) is 9.19. The summed E-state index contributed by atoms with van der Waals surface area (Å²) in [7, 11) is 0. The van der Waals surface area contributed by atoms with Crippen molar-refractivity contribution in [2.45, 2.75) is 46.6 Å². The van der Waals surface area contributed by atoms with Crippen LogP contribution in [0.15, 0.2) is 24.3 Å². The minimum Gasteiger partial charge on any atom is -0.398 e. The first-order chi connectivity index (χ1) is 9.48. The molecule has 0 aliphatic heterocycles. The zero-order valence-electron chi connectivity index (χ0n) is 13.0. The van der Waals surface area contributed by atoms with Crippen LogP contribution in [0, 0.1) is 16.7 Å². The van der Waals surface area contributed by atoms with E-state index >= 15 is 0 Å². The van der Waals surface area contributed by atoms with Gasteiger partial charge in [0.25, 0.3) is 0 Å². The van der Waals surface area contributed by atoms with Gasteiger partial charge in [0.1, 0.15) is 0 Å². The predicted octanol–water partition coefficient (Wildman–Crippen LogP) is 3.81. The van der Waals surface area contributed by atoms with Crippen LogP contribution in [0.25, 0.3) is 0 Å². The first-order valence-electron chi connectivity index (χ1n) is 7.45. The molecule has 0 aliphatic carbocycles. The van der Waals surface area contributed by atoms with Gasteiger partial charge < -0.3 is 5.73 Å². The lowest BCUT2D eigenvalue weighted by molar-refractivity contribution is 0.267. The second kappa shape index (κ2) is 7.91. The topological polar surface area (TPSA) is 53.0 Å². The van der Waals surface area contributed by atoms with E-state index in [1.807, 2.05) is 32.0 Å². The molecule has 1 rings (SSSR count). The standard InChI is InChI=1S/C17H27N3/c1-4-20(12-8-7-11-17(2,3)14-18)13-15-9-5-6-10-16(15)19/h5-6,9-10H,4,7-8,11-13,19H2,1-3H3. The Bertz CT molecular complexity index is 446. The number of nitrogens with two attached hydrogens (primary N) is 1. The lowest BCUT2D eigenvalue weighted by Crippen LogP contribution is -2.24. The molecule has 1 aromatic rings. The monoisotopic (exact) mass is 273 g/mol. The van der Waals surface area contributed by atoms with Crippen molar-refractivity contribution in [3.05, 3.63) is 29.8 Å². The molecule has 0 aromatic heterocycles. The fourth-order valence-corrected chi connectivity index (χ4v) is 2.23. The third kappa shape index (κ3) is 5.63. The Kier molecular flexibility index (Phi) is 6.54. The molecule has 0 atom stereocenters. The first kappa shape index (κ1) is 16.5. The molecule has 110 valence electrons. The van der Waals surface area contributed by atoms with Crippen LogP contribution in [-0.4, -0.2) is 18.0 Å². The third-order valence-electron chi connectivity index (χ3n) is 3.73. The lowest BCUT2D eigenvalue weighted by atomic mass is 9.89. The molecule has 0 spiro atoms. The Labute approximate surface area is 123 Å². The van der Waals surface area contributed by atoms with E-state index in [1.54, 1.807) is 0 Å². The van der Waals surface area contributed by atoms with E-state index in [2.05, 4.69) is 24.0 Å². The molecule has 1 aromatic carbocycles. The molecule has 20 heavy (non-hydrogen) atoms. The smallest absolute Gasteiger partial charge is 0.0683 e. The number of para-hydroxylation sites is 1. The number of nitrogens with zero attached hydrogens (tertiary/aromatic N) is 2. The Morgan fingerprint density at radius 3 is 2.55 bits per heavy atom. The van der Waals surface area contributed by atoms with E-state index in [4.69, 9.17) is 11.0 Å². The van der Waals surface area contributed by atoms with Crippen molar-refractivity contribution in [1.29, 1.82) is 5.26 Å². The second-order valence-corrected chi connectivity index (χ2v) is 6.02. The highest BCUT2D eigenvalue weighted by Gasteiger charge is 2.15. The molecule has 0 heterocycles. The van der Waals surface area contributed by atoms with E-state index in [-0.39, 0.29) is 5.41 Å². The minimum atomic E-state index is -0.194. The summed E-state index contributed by atoms with van der Waals surface area (Å²) in [5, 5.41) is 9.00. The molecule has 3 nitrogen and oxygen atoms in total. The molecular formula is C17H27N3. The summed E-state index contributed by atoms with van der Waals surface area (Å²) in [6.07, 6.45) is 3.20. The van der Waals surface area contributed by atoms with Crippen molar-refractivity contribution in [2.75, 3.05) is 18.8 Å². The average molecular weight is 273 g/mol. The van der Waals surface area contributed by atoms with Gasteiger partial charge in [0.05, 0.1) is 11.5 Å². The molecule has 0 radical (unpaired) electrons. The van der Waals surface area contributed by atoms with Gasteiger partial charge in [0.2, 0.25) is 0 Å². The SMILES string of the molecule is CCN(CCCCC(C)(C)C#N)Cc1ccccc1N. The van der Waals surface area contributed by atoms with Crippen LogP contribution in [0.4, 0.5) is 5.69 Å². The van der Waals surface area contributed by atoms with E-state index in [9.17, 15) is 0 Å². The van der Waals surface area contributed by atoms with Crippen molar-refractivity contribution >= 4 is 5.69 Å². The molecule has 0 fully saturated rings. The number of unbranched alkanes of at least 4 members (excludes halogenated alkanes) is 1. The highest BCUT2D eigenvalue weighted by Crippen LogP contribution is 2.22. The van der Waals surface area contributed by atoms with Crippen LogP contribution in [0.2, 0.25) is 0 Å².